The fourth-order valence-corrected chi connectivity index (χ4v) is 6.83. The van der Waals surface area contributed by atoms with E-state index in [1.165, 1.54) is 38.5 Å². The number of carbonyl (C=O) groups excluding carboxylic acids is 2. The van der Waals surface area contributed by atoms with Gasteiger partial charge in [-0.25, -0.2) is 0 Å². The lowest BCUT2D eigenvalue weighted by molar-refractivity contribution is -0.144. The molecule has 4 aliphatic carbocycles. The summed E-state index contributed by atoms with van der Waals surface area (Å²) < 4.78 is 5.23. The molecule has 1 N–H and O–H groups in total. The first-order valence-corrected chi connectivity index (χ1v) is 11.7. The predicted molar refractivity (Wildman–Crippen MR) is 111 cm³/mol. The molecule has 1 aromatic rings. The summed E-state index contributed by atoms with van der Waals surface area (Å²) in [5, 5.41) is 3.50. The summed E-state index contributed by atoms with van der Waals surface area (Å²) in [7, 11) is 0. The van der Waals surface area contributed by atoms with Crippen LogP contribution < -0.4 is 5.32 Å². The molecular formula is C22H28ClNO3S. The zero-order valence-corrected chi connectivity index (χ0v) is 17.7. The van der Waals surface area contributed by atoms with Crippen molar-refractivity contribution in [3.8, 4) is 0 Å². The Bertz CT molecular complexity index is 686. The number of hydrogen-bond acceptors (Lipinski definition) is 4. The van der Waals surface area contributed by atoms with E-state index >= 15 is 0 Å². The van der Waals surface area contributed by atoms with Gasteiger partial charge in [-0.1, -0.05) is 11.6 Å². The number of ether oxygens (including phenoxy) is 1. The second-order valence-electron chi connectivity index (χ2n) is 8.89. The van der Waals surface area contributed by atoms with Crippen molar-refractivity contribution in [2.75, 3.05) is 18.9 Å². The number of amides is 1. The van der Waals surface area contributed by atoms with Crippen LogP contribution in [0.15, 0.2) is 29.2 Å². The number of nitrogens with one attached hydrogen (secondary N) is 1. The van der Waals surface area contributed by atoms with Crippen molar-refractivity contribution in [3.63, 3.8) is 0 Å². The number of thioether (sulfide) groups is 1. The van der Waals surface area contributed by atoms with Crippen LogP contribution in [0.1, 0.15) is 44.9 Å². The molecule has 5 rings (SSSR count). The molecule has 4 aliphatic rings. The zero-order valence-electron chi connectivity index (χ0n) is 16.1. The van der Waals surface area contributed by atoms with Crippen molar-refractivity contribution in [1.29, 1.82) is 0 Å². The standard InChI is InChI=1S/C22H28ClNO3S/c23-18-1-3-19(4-2-18)28-6-5-27-21(26)14-24-20(25)13-22-10-15-7-16(11-22)9-17(8-15)12-22/h1-4,15-17H,5-14H2,(H,24,25). The topological polar surface area (TPSA) is 55.4 Å². The van der Waals surface area contributed by atoms with Gasteiger partial charge in [0, 0.05) is 22.1 Å². The van der Waals surface area contributed by atoms with E-state index in [9.17, 15) is 9.59 Å². The minimum atomic E-state index is -0.365. The van der Waals surface area contributed by atoms with Gasteiger partial charge in [-0.2, -0.15) is 0 Å². The monoisotopic (exact) mass is 421 g/mol. The third kappa shape index (κ3) is 5.04. The predicted octanol–water partition coefficient (Wildman–Crippen LogP) is 4.70. The van der Waals surface area contributed by atoms with E-state index in [0.29, 0.717) is 23.8 Å². The summed E-state index contributed by atoms with van der Waals surface area (Å²) >= 11 is 7.47. The largest absolute Gasteiger partial charge is 0.463 e. The van der Waals surface area contributed by atoms with E-state index in [1.54, 1.807) is 11.8 Å². The summed E-state index contributed by atoms with van der Waals surface area (Å²) in [5.41, 5.74) is 0.206. The first-order chi connectivity index (χ1) is 13.5. The highest BCUT2D eigenvalue weighted by molar-refractivity contribution is 7.99. The van der Waals surface area contributed by atoms with Gasteiger partial charge in [0.2, 0.25) is 5.91 Å². The molecule has 28 heavy (non-hydrogen) atoms. The van der Waals surface area contributed by atoms with Crippen molar-refractivity contribution in [2.24, 2.45) is 23.2 Å². The Hall–Kier alpha value is -1.20. The van der Waals surface area contributed by atoms with Crippen molar-refractivity contribution in [1.82, 2.24) is 5.32 Å². The molecule has 4 saturated carbocycles. The number of carbonyl (C=O) groups is 2. The van der Waals surface area contributed by atoms with Gasteiger partial charge in [0.1, 0.15) is 13.2 Å². The average molecular weight is 422 g/mol. The maximum absolute atomic E-state index is 12.4. The van der Waals surface area contributed by atoms with Gasteiger partial charge in [-0.05, 0) is 86.0 Å². The highest BCUT2D eigenvalue weighted by Crippen LogP contribution is 2.61. The fourth-order valence-electron chi connectivity index (χ4n) is 5.98. The second-order valence-corrected chi connectivity index (χ2v) is 10.5. The Morgan fingerprint density at radius 1 is 1.07 bits per heavy atom. The molecule has 4 bridgehead atoms. The van der Waals surface area contributed by atoms with E-state index in [4.69, 9.17) is 16.3 Å². The van der Waals surface area contributed by atoms with Gasteiger partial charge in [-0.15, -0.1) is 11.8 Å². The number of rotatable bonds is 8. The lowest BCUT2D eigenvalue weighted by Gasteiger charge is -2.56. The lowest BCUT2D eigenvalue weighted by Crippen LogP contribution is -2.48. The van der Waals surface area contributed by atoms with Gasteiger partial charge in [0.05, 0.1) is 0 Å². The molecule has 0 heterocycles. The number of hydrogen-bond donors (Lipinski definition) is 1. The van der Waals surface area contributed by atoms with Crippen molar-refractivity contribution < 1.29 is 14.3 Å². The minimum absolute atomic E-state index is 0.00874. The molecule has 0 unspecified atom stereocenters. The number of esters is 1. The highest BCUT2D eigenvalue weighted by atomic mass is 35.5. The van der Waals surface area contributed by atoms with E-state index < -0.39 is 0 Å². The van der Waals surface area contributed by atoms with Crippen LogP contribution in [0.4, 0.5) is 0 Å². The summed E-state index contributed by atoms with van der Waals surface area (Å²) in [6, 6.07) is 7.57. The van der Waals surface area contributed by atoms with Crippen molar-refractivity contribution in [3.05, 3.63) is 29.3 Å². The number of benzene rings is 1. The molecular weight excluding hydrogens is 394 g/mol. The van der Waals surface area contributed by atoms with Crippen LogP contribution in [0.2, 0.25) is 5.02 Å². The Morgan fingerprint density at radius 2 is 1.68 bits per heavy atom. The summed E-state index contributed by atoms with van der Waals surface area (Å²) in [6.07, 6.45) is 8.33. The fraction of sp³-hybridized carbons (Fsp3) is 0.636. The molecule has 0 aromatic heterocycles. The molecule has 6 heteroatoms. The van der Waals surface area contributed by atoms with Crippen LogP contribution in [0.3, 0.4) is 0 Å². The zero-order chi connectivity index (χ0) is 19.6. The van der Waals surface area contributed by atoms with E-state index in [1.807, 2.05) is 24.3 Å². The smallest absolute Gasteiger partial charge is 0.325 e. The molecule has 0 aliphatic heterocycles. The second kappa shape index (κ2) is 8.66. The van der Waals surface area contributed by atoms with Crippen LogP contribution in [0.5, 0.6) is 0 Å². The van der Waals surface area contributed by atoms with E-state index in [2.05, 4.69) is 5.32 Å². The SMILES string of the molecule is O=C(CC12CC3CC(CC(C3)C1)C2)NCC(=O)OCCSc1ccc(Cl)cc1. The Labute approximate surface area is 176 Å². The first-order valence-electron chi connectivity index (χ1n) is 10.3. The normalized spacial score (nSPS) is 30.2. The Kier molecular flexibility index (Phi) is 6.21. The van der Waals surface area contributed by atoms with Crippen molar-refractivity contribution >= 4 is 35.2 Å². The van der Waals surface area contributed by atoms with Crippen LogP contribution >= 0.6 is 23.4 Å². The molecule has 0 radical (unpaired) electrons. The Morgan fingerprint density at radius 3 is 2.29 bits per heavy atom. The minimum Gasteiger partial charge on any atom is -0.463 e. The summed E-state index contributed by atoms with van der Waals surface area (Å²) in [4.78, 5) is 25.4. The van der Waals surface area contributed by atoms with E-state index in [0.717, 1.165) is 22.6 Å². The molecule has 0 atom stereocenters. The average Bonchev–Trinajstić information content (AvgIpc) is 2.63. The van der Waals surface area contributed by atoms with Gasteiger partial charge < -0.3 is 10.1 Å². The van der Waals surface area contributed by atoms with Crippen LogP contribution in [0, 0.1) is 23.2 Å². The third-order valence-corrected chi connectivity index (χ3v) is 7.79. The summed E-state index contributed by atoms with van der Waals surface area (Å²) in [6.45, 7) is 0.299. The number of halogens is 1. The maximum atomic E-state index is 12.4. The molecule has 152 valence electrons. The van der Waals surface area contributed by atoms with Gasteiger partial charge in [0.15, 0.2) is 0 Å². The van der Waals surface area contributed by atoms with Crippen LogP contribution in [-0.4, -0.2) is 30.8 Å². The maximum Gasteiger partial charge on any atom is 0.325 e. The first kappa shape index (κ1) is 20.1. The van der Waals surface area contributed by atoms with Crippen molar-refractivity contribution in [2.45, 2.75) is 49.8 Å². The molecule has 0 spiro atoms. The quantitative estimate of drug-likeness (QED) is 0.375. The molecule has 4 nitrogen and oxygen atoms in total. The summed E-state index contributed by atoms with van der Waals surface area (Å²) in [5.74, 6) is 2.82. The lowest BCUT2D eigenvalue weighted by atomic mass is 9.49. The molecule has 4 fully saturated rings. The van der Waals surface area contributed by atoms with Crippen LogP contribution in [0.25, 0.3) is 0 Å². The van der Waals surface area contributed by atoms with Gasteiger partial charge >= 0.3 is 5.97 Å². The van der Waals surface area contributed by atoms with E-state index in [-0.39, 0.29) is 23.8 Å². The third-order valence-electron chi connectivity index (χ3n) is 6.56. The van der Waals surface area contributed by atoms with Crippen LogP contribution in [-0.2, 0) is 14.3 Å². The van der Waals surface area contributed by atoms with Gasteiger partial charge in [-0.3, -0.25) is 9.59 Å². The highest BCUT2D eigenvalue weighted by Gasteiger charge is 2.51. The molecule has 0 saturated heterocycles. The Balaban J connectivity index is 1.13. The van der Waals surface area contributed by atoms with Gasteiger partial charge in [0.25, 0.3) is 0 Å². The molecule has 1 aromatic carbocycles. The molecule has 1 amide bonds.